The van der Waals surface area contributed by atoms with Crippen molar-refractivity contribution in [2.75, 3.05) is 0 Å². The molecule has 0 saturated heterocycles. The quantitative estimate of drug-likeness (QED) is 0.355. The standard InChI is InChI=1S/C19H36O/c1-2-3-4-5-6-7-8-9-10-11-14-18-15-12-13-16-19(20)17-18/h17,19-20H,2-16H2,1H3. The molecule has 118 valence electrons. The van der Waals surface area contributed by atoms with E-state index in [0.717, 1.165) is 6.42 Å². The van der Waals surface area contributed by atoms with Crippen molar-refractivity contribution in [1.29, 1.82) is 0 Å². The smallest absolute Gasteiger partial charge is 0.0723 e. The van der Waals surface area contributed by atoms with Crippen molar-refractivity contribution >= 4 is 0 Å². The van der Waals surface area contributed by atoms with Gasteiger partial charge in [-0.2, -0.15) is 0 Å². The van der Waals surface area contributed by atoms with E-state index in [0.29, 0.717) is 0 Å². The van der Waals surface area contributed by atoms with E-state index in [2.05, 4.69) is 13.0 Å². The topological polar surface area (TPSA) is 20.2 Å². The highest BCUT2D eigenvalue weighted by atomic mass is 16.3. The van der Waals surface area contributed by atoms with Crippen molar-refractivity contribution in [1.82, 2.24) is 0 Å². The fourth-order valence-corrected chi connectivity index (χ4v) is 3.19. The Morgan fingerprint density at radius 1 is 0.900 bits per heavy atom. The highest BCUT2D eigenvalue weighted by molar-refractivity contribution is 5.06. The van der Waals surface area contributed by atoms with Crippen molar-refractivity contribution in [2.24, 2.45) is 0 Å². The van der Waals surface area contributed by atoms with Gasteiger partial charge in [0.1, 0.15) is 0 Å². The number of allylic oxidation sites excluding steroid dienone is 1. The Labute approximate surface area is 126 Å². The van der Waals surface area contributed by atoms with Crippen LogP contribution in [0.15, 0.2) is 11.6 Å². The molecule has 0 spiro atoms. The molecule has 1 nitrogen and oxygen atoms in total. The van der Waals surface area contributed by atoms with Gasteiger partial charge in [-0.3, -0.25) is 0 Å². The second-order valence-electron chi connectivity index (χ2n) is 6.57. The first-order valence-corrected chi connectivity index (χ1v) is 9.20. The minimum Gasteiger partial charge on any atom is -0.389 e. The minimum atomic E-state index is -0.157. The third kappa shape index (κ3) is 9.58. The number of unbranched alkanes of at least 4 members (excludes halogenated alkanes) is 9. The van der Waals surface area contributed by atoms with Crippen LogP contribution in [0.5, 0.6) is 0 Å². The lowest BCUT2D eigenvalue weighted by atomic mass is 10.0. The molecule has 20 heavy (non-hydrogen) atoms. The Hall–Kier alpha value is -0.300. The number of rotatable bonds is 11. The van der Waals surface area contributed by atoms with Crippen molar-refractivity contribution in [3.63, 3.8) is 0 Å². The summed E-state index contributed by atoms with van der Waals surface area (Å²) in [5.74, 6) is 0. The van der Waals surface area contributed by atoms with E-state index in [9.17, 15) is 5.11 Å². The summed E-state index contributed by atoms with van der Waals surface area (Å²) in [7, 11) is 0. The van der Waals surface area contributed by atoms with E-state index in [1.165, 1.54) is 95.5 Å². The first-order valence-electron chi connectivity index (χ1n) is 9.20. The molecule has 1 rings (SSSR count). The van der Waals surface area contributed by atoms with Crippen LogP contribution in [0.2, 0.25) is 0 Å². The van der Waals surface area contributed by atoms with Crippen LogP contribution in [-0.4, -0.2) is 11.2 Å². The van der Waals surface area contributed by atoms with E-state index >= 15 is 0 Å². The number of hydrogen-bond donors (Lipinski definition) is 1. The average Bonchev–Trinajstić information content (AvgIpc) is 2.65. The summed E-state index contributed by atoms with van der Waals surface area (Å²) in [6, 6.07) is 0. The Kier molecular flexibility index (Phi) is 11.0. The molecule has 1 unspecified atom stereocenters. The van der Waals surface area contributed by atoms with E-state index in [-0.39, 0.29) is 6.10 Å². The second kappa shape index (κ2) is 12.4. The van der Waals surface area contributed by atoms with Crippen molar-refractivity contribution in [3.05, 3.63) is 11.6 Å². The average molecular weight is 280 g/mol. The second-order valence-corrected chi connectivity index (χ2v) is 6.57. The molecule has 1 heteroatoms. The van der Waals surface area contributed by atoms with Crippen molar-refractivity contribution in [3.8, 4) is 0 Å². The summed E-state index contributed by atoms with van der Waals surface area (Å²) in [5, 5.41) is 9.74. The first kappa shape index (κ1) is 17.8. The van der Waals surface area contributed by atoms with Crippen LogP contribution in [0.4, 0.5) is 0 Å². The maximum absolute atomic E-state index is 9.74. The maximum atomic E-state index is 9.74. The summed E-state index contributed by atoms with van der Waals surface area (Å²) < 4.78 is 0. The van der Waals surface area contributed by atoms with E-state index in [4.69, 9.17) is 0 Å². The molecule has 0 fully saturated rings. The zero-order chi connectivity index (χ0) is 14.5. The van der Waals surface area contributed by atoms with Gasteiger partial charge >= 0.3 is 0 Å². The molecule has 0 amide bonds. The van der Waals surface area contributed by atoms with Gasteiger partial charge < -0.3 is 5.11 Å². The van der Waals surface area contributed by atoms with Gasteiger partial charge in [-0.1, -0.05) is 82.8 Å². The Balaban J connectivity index is 1.89. The minimum absolute atomic E-state index is 0.157. The molecule has 0 saturated carbocycles. The zero-order valence-electron chi connectivity index (χ0n) is 13.7. The summed E-state index contributed by atoms with van der Waals surface area (Å²) in [4.78, 5) is 0. The van der Waals surface area contributed by atoms with Crippen LogP contribution in [0.3, 0.4) is 0 Å². The lowest BCUT2D eigenvalue weighted by Gasteiger charge is -2.06. The van der Waals surface area contributed by atoms with Gasteiger partial charge in [0, 0.05) is 0 Å². The van der Waals surface area contributed by atoms with Crippen molar-refractivity contribution < 1.29 is 5.11 Å². The summed E-state index contributed by atoms with van der Waals surface area (Å²) in [6.45, 7) is 2.28. The van der Waals surface area contributed by atoms with Crippen LogP contribution in [0.1, 0.15) is 103 Å². The molecule has 1 atom stereocenters. The first-order chi connectivity index (χ1) is 9.83. The maximum Gasteiger partial charge on any atom is 0.0723 e. The molecule has 1 aliphatic rings. The highest BCUT2D eigenvalue weighted by Gasteiger charge is 2.08. The van der Waals surface area contributed by atoms with Crippen LogP contribution in [-0.2, 0) is 0 Å². The highest BCUT2D eigenvalue weighted by Crippen LogP contribution is 2.22. The molecule has 0 aliphatic heterocycles. The monoisotopic (exact) mass is 280 g/mol. The third-order valence-corrected chi connectivity index (χ3v) is 4.53. The summed E-state index contributed by atoms with van der Waals surface area (Å²) in [6.07, 6.45) is 22.0. The molecule has 1 aliphatic carbocycles. The fourth-order valence-electron chi connectivity index (χ4n) is 3.19. The lowest BCUT2D eigenvalue weighted by molar-refractivity contribution is 0.211. The summed E-state index contributed by atoms with van der Waals surface area (Å²) in [5.41, 5.74) is 1.52. The largest absolute Gasteiger partial charge is 0.389 e. The van der Waals surface area contributed by atoms with Crippen LogP contribution >= 0.6 is 0 Å². The normalized spacial score (nSPS) is 19.7. The van der Waals surface area contributed by atoms with E-state index in [1.807, 2.05) is 0 Å². The Morgan fingerprint density at radius 2 is 1.50 bits per heavy atom. The van der Waals surface area contributed by atoms with Crippen molar-refractivity contribution in [2.45, 2.75) is 109 Å². The van der Waals surface area contributed by atoms with E-state index in [1.54, 1.807) is 0 Å². The van der Waals surface area contributed by atoms with Gasteiger partial charge in [0.05, 0.1) is 6.10 Å². The number of aliphatic hydroxyl groups excluding tert-OH is 1. The lowest BCUT2D eigenvalue weighted by Crippen LogP contribution is -2.00. The number of aliphatic hydroxyl groups is 1. The Bertz CT molecular complexity index is 244. The van der Waals surface area contributed by atoms with Gasteiger partial charge in [0.25, 0.3) is 0 Å². The van der Waals surface area contributed by atoms with Gasteiger partial charge in [-0.15, -0.1) is 0 Å². The molecule has 0 aromatic heterocycles. The summed E-state index contributed by atoms with van der Waals surface area (Å²) >= 11 is 0. The Morgan fingerprint density at radius 3 is 2.15 bits per heavy atom. The third-order valence-electron chi connectivity index (χ3n) is 4.53. The van der Waals surface area contributed by atoms with E-state index < -0.39 is 0 Å². The molecule has 0 aromatic carbocycles. The van der Waals surface area contributed by atoms with Crippen LogP contribution in [0.25, 0.3) is 0 Å². The number of hydrogen-bond acceptors (Lipinski definition) is 1. The zero-order valence-corrected chi connectivity index (χ0v) is 13.7. The molecule has 0 aromatic rings. The van der Waals surface area contributed by atoms with Crippen LogP contribution in [0, 0.1) is 0 Å². The predicted molar refractivity (Wildman–Crippen MR) is 89.0 cm³/mol. The van der Waals surface area contributed by atoms with Gasteiger partial charge in [-0.05, 0) is 32.1 Å². The SMILES string of the molecule is CCCCCCCCCCCCC1=CC(O)CCCC1. The molecule has 0 heterocycles. The molecular weight excluding hydrogens is 244 g/mol. The fraction of sp³-hybridized carbons (Fsp3) is 0.895. The molecule has 0 radical (unpaired) electrons. The molecular formula is C19H36O. The molecule has 0 bridgehead atoms. The predicted octanol–water partition coefficient (Wildman–Crippen LogP) is 6.16. The van der Waals surface area contributed by atoms with Gasteiger partial charge in [-0.25, -0.2) is 0 Å². The van der Waals surface area contributed by atoms with Gasteiger partial charge in [0.2, 0.25) is 0 Å². The molecule has 1 N–H and O–H groups in total. The van der Waals surface area contributed by atoms with Gasteiger partial charge in [0.15, 0.2) is 0 Å². The van der Waals surface area contributed by atoms with Crippen LogP contribution < -0.4 is 0 Å².